The quantitative estimate of drug-likeness (QED) is 0.207. The van der Waals surface area contributed by atoms with Crippen LogP contribution in [-0.4, -0.2) is 18.8 Å². The van der Waals surface area contributed by atoms with E-state index in [4.69, 9.17) is 9.97 Å². The van der Waals surface area contributed by atoms with Crippen LogP contribution >= 0.6 is 0 Å². The van der Waals surface area contributed by atoms with Crippen molar-refractivity contribution >= 4 is 65.8 Å². The lowest BCUT2D eigenvalue weighted by molar-refractivity contribution is 1.31. The maximum absolute atomic E-state index is 5.13. The monoisotopic (exact) mass is 534 g/mol. The average molecular weight is 535 g/mol. The zero-order valence-electron chi connectivity index (χ0n) is 22.5. The zero-order chi connectivity index (χ0) is 27.4. The van der Waals surface area contributed by atoms with Crippen LogP contribution in [0.3, 0.4) is 0 Å². The highest BCUT2D eigenvalue weighted by Gasteiger charge is 2.20. The first-order valence-corrected chi connectivity index (χ1v) is 14.3. The summed E-state index contributed by atoms with van der Waals surface area (Å²) in [6.45, 7) is 0. The summed E-state index contributed by atoms with van der Waals surface area (Å²) in [6, 6.07) is 47.6. The third kappa shape index (κ3) is 2.80. The Morgan fingerprint density at radius 3 is 1.95 bits per heavy atom. The number of rotatable bonds is 2. The predicted molar refractivity (Wildman–Crippen MR) is 174 cm³/mol. The molecule has 42 heavy (non-hydrogen) atoms. The molecule has 0 atom stereocenters. The molecule has 0 aliphatic carbocycles. The molecule has 0 unspecified atom stereocenters. The normalized spacial score (nSPS) is 12.3. The van der Waals surface area contributed by atoms with E-state index in [9.17, 15) is 0 Å². The SMILES string of the molecule is c1ccc(-c2nc3cccc4c5ccc(-c6ccc7c8ccccc8n8c9ccccc9nc8c7c6)cc5c2n34)cc1. The summed E-state index contributed by atoms with van der Waals surface area (Å²) >= 11 is 0. The first-order chi connectivity index (χ1) is 20.8. The maximum atomic E-state index is 5.13. The van der Waals surface area contributed by atoms with E-state index in [2.05, 4.69) is 142 Å². The summed E-state index contributed by atoms with van der Waals surface area (Å²) in [5.41, 5.74) is 12.1. The van der Waals surface area contributed by atoms with Crippen LogP contribution in [0.4, 0.5) is 0 Å². The minimum Gasteiger partial charge on any atom is -0.292 e. The van der Waals surface area contributed by atoms with Crippen LogP contribution in [0.2, 0.25) is 0 Å². The van der Waals surface area contributed by atoms with Gasteiger partial charge in [0.1, 0.15) is 11.3 Å². The van der Waals surface area contributed by atoms with Gasteiger partial charge in [0.25, 0.3) is 0 Å². The fraction of sp³-hybridized carbons (Fsp3) is 0. The number of pyridine rings is 2. The number of nitrogens with zero attached hydrogens (tertiary/aromatic N) is 4. The van der Waals surface area contributed by atoms with E-state index in [1.54, 1.807) is 0 Å². The van der Waals surface area contributed by atoms with E-state index >= 15 is 0 Å². The van der Waals surface area contributed by atoms with Crippen molar-refractivity contribution in [3.63, 3.8) is 0 Å². The van der Waals surface area contributed by atoms with Crippen LogP contribution in [0.15, 0.2) is 133 Å². The second-order valence-electron chi connectivity index (χ2n) is 11.1. The van der Waals surface area contributed by atoms with E-state index in [0.717, 1.165) is 44.5 Å². The van der Waals surface area contributed by atoms with Gasteiger partial charge in [0.15, 0.2) is 0 Å². The van der Waals surface area contributed by atoms with Gasteiger partial charge in [-0.05, 0) is 59.0 Å². The van der Waals surface area contributed by atoms with Crippen molar-refractivity contribution in [2.24, 2.45) is 0 Å². The van der Waals surface area contributed by atoms with Crippen LogP contribution in [0, 0.1) is 0 Å². The number of hydrogen-bond donors (Lipinski definition) is 0. The van der Waals surface area contributed by atoms with Crippen molar-refractivity contribution in [1.82, 2.24) is 18.8 Å². The number of fused-ring (bicyclic) bond motifs is 11. The number of aromatic nitrogens is 4. The molecule has 0 aliphatic rings. The highest BCUT2D eigenvalue weighted by molar-refractivity contribution is 6.16. The summed E-state index contributed by atoms with van der Waals surface area (Å²) in [4.78, 5) is 10.2. The molecule has 5 aromatic heterocycles. The molecule has 10 aromatic rings. The van der Waals surface area contributed by atoms with Gasteiger partial charge in [0.05, 0.1) is 33.3 Å². The van der Waals surface area contributed by atoms with Gasteiger partial charge in [-0.1, -0.05) is 91.0 Å². The largest absolute Gasteiger partial charge is 0.292 e. The van der Waals surface area contributed by atoms with E-state index in [0.29, 0.717) is 0 Å². The molecule has 0 radical (unpaired) electrons. The van der Waals surface area contributed by atoms with Gasteiger partial charge in [-0.15, -0.1) is 0 Å². The summed E-state index contributed by atoms with van der Waals surface area (Å²) in [5, 5.41) is 6.06. The number of imidazole rings is 2. The van der Waals surface area contributed by atoms with Crippen molar-refractivity contribution in [1.29, 1.82) is 0 Å². The van der Waals surface area contributed by atoms with Crippen LogP contribution in [0.5, 0.6) is 0 Å². The second kappa shape index (κ2) is 7.93. The summed E-state index contributed by atoms with van der Waals surface area (Å²) < 4.78 is 4.62. The average Bonchev–Trinajstić information content (AvgIpc) is 3.74. The molecule has 4 nitrogen and oxygen atoms in total. The molecule has 5 aromatic carbocycles. The molecular weight excluding hydrogens is 512 g/mol. The molecular formula is C38H22N4. The molecule has 0 aliphatic heterocycles. The Bertz CT molecular complexity index is 2680. The molecule has 194 valence electrons. The third-order valence-corrected chi connectivity index (χ3v) is 8.83. The number of hydrogen-bond acceptors (Lipinski definition) is 2. The maximum Gasteiger partial charge on any atom is 0.146 e. The molecule has 4 heteroatoms. The molecule has 0 saturated heterocycles. The molecule has 0 fully saturated rings. The minimum absolute atomic E-state index is 0.977. The zero-order valence-corrected chi connectivity index (χ0v) is 22.5. The van der Waals surface area contributed by atoms with E-state index in [1.807, 2.05) is 0 Å². The summed E-state index contributed by atoms with van der Waals surface area (Å²) in [7, 11) is 0. The fourth-order valence-electron chi connectivity index (χ4n) is 6.98. The molecule has 0 amide bonds. The fourth-order valence-corrected chi connectivity index (χ4v) is 6.98. The van der Waals surface area contributed by atoms with Crippen LogP contribution in [-0.2, 0) is 0 Å². The van der Waals surface area contributed by atoms with Crippen LogP contribution in [0.1, 0.15) is 0 Å². The first kappa shape index (κ1) is 22.0. The molecule has 0 bridgehead atoms. The van der Waals surface area contributed by atoms with Gasteiger partial charge in [0, 0.05) is 27.1 Å². The predicted octanol–water partition coefficient (Wildman–Crippen LogP) is 9.52. The van der Waals surface area contributed by atoms with Gasteiger partial charge < -0.3 is 0 Å². The summed E-state index contributed by atoms with van der Waals surface area (Å²) in [5.74, 6) is 0. The third-order valence-electron chi connectivity index (χ3n) is 8.83. The van der Waals surface area contributed by atoms with Crippen molar-refractivity contribution in [3.8, 4) is 22.4 Å². The Hall–Kier alpha value is -5.74. The number of para-hydroxylation sites is 3. The first-order valence-electron chi connectivity index (χ1n) is 14.3. The minimum atomic E-state index is 0.977. The highest BCUT2D eigenvalue weighted by Crippen LogP contribution is 2.40. The lowest BCUT2D eigenvalue weighted by Crippen LogP contribution is -1.92. The number of benzene rings is 5. The highest BCUT2D eigenvalue weighted by atomic mass is 15.0. The van der Waals surface area contributed by atoms with Crippen LogP contribution in [0.25, 0.3) is 88.2 Å². The topological polar surface area (TPSA) is 34.6 Å². The Balaban J connectivity index is 1.28. The summed E-state index contributed by atoms with van der Waals surface area (Å²) in [6.07, 6.45) is 0. The molecule has 0 spiro atoms. The van der Waals surface area contributed by atoms with E-state index in [-0.39, 0.29) is 0 Å². The van der Waals surface area contributed by atoms with Crippen molar-refractivity contribution in [3.05, 3.63) is 133 Å². The Morgan fingerprint density at radius 2 is 1.07 bits per heavy atom. The van der Waals surface area contributed by atoms with E-state index in [1.165, 1.54) is 43.7 Å². The van der Waals surface area contributed by atoms with Gasteiger partial charge in [-0.2, -0.15) is 0 Å². The molecule has 5 heterocycles. The van der Waals surface area contributed by atoms with Crippen LogP contribution < -0.4 is 0 Å². The van der Waals surface area contributed by atoms with Gasteiger partial charge in [0.2, 0.25) is 0 Å². The van der Waals surface area contributed by atoms with E-state index < -0.39 is 0 Å². The second-order valence-corrected chi connectivity index (χ2v) is 11.1. The smallest absolute Gasteiger partial charge is 0.146 e. The van der Waals surface area contributed by atoms with Gasteiger partial charge in [-0.3, -0.25) is 8.80 Å². The Morgan fingerprint density at radius 1 is 0.405 bits per heavy atom. The lowest BCUT2D eigenvalue weighted by atomic mass is 9.97. The molecule has 0 saturated carbocycles. The van der Waals surface area contributed by atoms with Gasteiger partial charge >= 0.3 is 0 Å². The Kier molecular flexibility index (Phi) is 4.15. The standard InChI is InChI=1S/C38H22N4/c1-2-9-23(10-3-1)36-37-29-21-24(18-20-28(29)33-15-8-16-35(40-36)42(33)37)25-17-19-26-27-11-4-6-13-32(27)41-34-14-7-5-12-31(34)39-38(41)30(26)22-25/h1-22H. The molecule has 10 rings (SSSR count). The Labute approximate surface area is 240 Å². The van der Waals surface area contributed by atoms with Crippen molar-refractivity contribution < 1.29 is 0 Å². The van der Waals surface area contributed by atoms with Crippen molar-refractivity contribution in [2.75, 3.05) is 0 Å². The lowest BCUT2D eigenvalue weighted by Gasteiger charge is -2.11. The van der Waals surface area contributed by atoms with Crippen molar-refractivity contribution in [2.45, 2.75) is 0 Å². The molecule has 0 N–H and O–H groups in total. The van der Waals surface area contributed by atoms with Gasteiger partial charge in [-0.25, -0.2) is 9.97 Å².